The minimum atomic E-state index is 0.553. The normalized spacial score (nSPS) is 14.8. The SMILES string of the molecule is CC1C=Cc2c(c3ccccc3n2-c2ccccc2-c2ccc3sc4cc(-c5ccc(N)cc5)ccc4c3c2)C1. The summed E-state index contributed by atoms with van der Waals surface area (Å²) < 4.78 is 5.09. The van der Waals surface area contributed by atoms with E-state index in [0.29, 0.717) is 5.92 Å². The first-order valence-corrected chi connectivity index (χ1v) is 14.7. The molecule has 2 nitrogen and oxygen atoms in total. The molecule has 5 aromatic carbocycles. The fourth-order valence-electron chi connectivity index (χ4n) is 6.33. The van der Waals surface area contributed by atoms with Crippen LogP contribution in [0.1, 0.15) is 18.2 Å². The van der Waals surface area contributed by atoms with E-state index in [1.54, 1.807) is 0 Å². The molecule has 1 aliphatic rings. The highest BCUT2D eigenvalue weighted by atomic mass is 32.1. The molecule has 1 unspecified atom stereocenters. The summed E-state index contributed by atoms with van der Waals surface area (Å²) in [5, 5.41) is 3.98. The highest BCUT2D eigenvalue weighted by molar-refractivity contribution is 7.25. The number of nitrogens with zero attached hydrogens (tertiary/aromatic N) is 1. The fraction of sp³-hybridized carbons (Fsp3) is 0.0811. The number of hydrogen-bond acceptors (Lipinski definition) is 2. The lowest BCUT2D eigenvalue weighted by atomic mass is 9.93. The Kier molecular flexibility index (Phi) is 5.23. The average molecular weight is 533 g/mol. The standard InChI is InChI=1S/C37H28N2S/c1-23-10-18-35-31(20-23)29-7-3-5-9-34(29)39(35)33-8-4-2-6-28(33)26-14-19-36-32(21-26)30-17-13-25(22-37(30)40-36)24-11-15-27(38)16-12-24/h2-19,21-23H,20,38H2,1H3. The van der Waals surface area contributed by atoms with Crippen LogP contribution in [0, 0.1) is 5.92 Å². The topological polar surface area (TPSA) is 30.9 Å². The van der Waals surface area contributed by atoms with Gasteiger partial charge in [-0.2, -0.15) is 0 Å². The zero-order chi connectivity index (χ0) is 26.8. The van der Waals surface area contributed by atoms with Crippen LogP contribution in [0.3, 0.4) is 0 Å². The van der Waals surface area contributed by atoms with Crippen LogP contribution in [0.15, 0.2) is 115 Å². The number of nitrogen functional groups attached to an aromatic ring is 1. The van der Waals surface area contributed by atoms with Crippen LogP contribution in [0.2, 0.25) is 0 Å². The van der Waals surface area contributed by atoms with Gasteiger partial charge in [0, 0.05) is 42.5 Å². The molecule has 2 aromatic heterocycles. The Morgan fingerprint density at radius 3 is 2.38 bits per heavy atom. The lowest BCUT2D eigenvalue weighted by Gasteiger charge is -2.18. The van der Waals surface area contributed by atoms with Crippen molar-refractivity contribution < 1.29 is 0 Å². The lowest BCUT2D eigenvalue weighted by Crippen LogP contribution is -2.06. The van der Waals surface area contributed by atoms with E-state index < -0.39 is 0 Å². The second kappa shape index (κ2) is 8.97. The number of benzene rings is 5. The fourth-order valence-corrected chi connectivity index (χ4v) is 7.46. The van der Waals surface area contributed by atoms with E-state index >= 15 is 0 Å². The maximum absolute atomic E-state index is 5.91. The summed E-state index contributed by atoms with van der Waals surface area (Å²) in [5.41, 5.74) is 16.9. The number of anilines is 1. The highest BCUT2D eigenvalue weighted by Gasteiger charge is 2.22. The second-order valence-electron chi connectivity index (χ2n) is 10.9. The van der Waals surface area contributed by atoms with E-state index in [1.807, 2.05) is 23.5 Å². The number of rotatable bonds is 3. The molecule has 0 bridgehead atoms. The molecular weight excluding hydrogens is 504 g/mol. The zero-order valence-electron chi connectivity index (χ0n) is 22.3. The van der Waals surface area contributed by atoms with E-state index in [4.69, 9.17) is 5.73 Å². The molecule has 2 heterocycles. The Morgan fingerprint density at radius 1 is 0.700 bits per heavy atom. The molecule has 0 saturated carbocycles. The van der Waals surface area contributed by atoms with E-state index in [-0.39, 0.29) is 0 Å². The lowest BCUT2D eigenvalue weighted by molar-refractivity contribution is 0.718. The molecule has 1 atom stereocenters. The van der Waals surface area contributed by atoms with Crippen LogP contribution in [-0.2, 0) is 6.42 Å². The molecule has 40 heavy (non-hydrogen) atoms. The van der Waals surface area contributed by atoms with Crippen LogP contribution >= 0.6 is 11.3 Å². The van der Waals surface area contributed by atoms with Crippen LogP contribution in [0.5, 0.6) is 0 Å². The first kappa shape index (κ1) is 23.3. The van der Waals surface area contributed by atoms with E-state index in [2.05, 4.69) is 121 Å². The number of para-hydroxylation sites is 2. The van der Waals surface area contributed by atoms with Gasteiger partial charge in [0.05, 0.1) is 11.2 Å². The largest absolute Gasteiger partial charge is 0.399 e. The monoisotopic (exact) mass is 532 g/mol. The number of allylic oxidation sites excluding steroid dienone is 1. The van der Waals surface area contributed by atoms with Crippen molar-refractivity contribution in [3.8, 4) is 27.9 Å². The molecule has 0 fully saturated rings. The van der Waals surface area contributed by atoms with Crippen molar-refractivity contribution in [2.24, 2.45) is 5.92 Å². The van der Waals surface area contributed by atoms with E-state index in [0.717, 1.165) is 12.1 Å². The number of aromatic nitrogens is 1. The van der Waals surface area contributed by atoms with Crippen molar-refractivity contribution in [1.82, 2.24) is 4.57 Å². The van der Waals surface area contributed by atoms with Crippen LogP contribution in [0.25, 0.3) is 65.1 Å². The third kappa shape index (κ3) is 3.62. The second-order valence-corrected chi connectivity index (χ2v) is 12.0. The molecular formula is C37H28N2S. The van der Waals surface area contributed by atoms with E-state index in [1.165, 1.54) is 70.3 Å². The molecule has 192 valence electrons. The predicted molar refractivity (Wildman–Crippen MR) is 173 cm³/mol. The minimum Gasteiger partial charge on any atom is -0.399 e. The van der Waals surface area contributed by atoms with Gasteiger partial charge in [-0.15, -0.1) is 11.3 Å². The van der Waals surface area contributed by atoms with Crippen molar-refractivity contribution in [2.45, 2.75) is 13.3 Å². The molecule has 0 spiro atoms. The average Bonchev–Trinajstić information content (AvgIpc) is 3.52. The van der Waals surface area contributed by atoms with Crippen LogP contribution in [-0.4, -0.2) is 4.57 Å². The highest BCUT2D eigenvalue weighted by Crippen LogP contribution is 2.41. The molecule has 8 rings (SSSR count). The van der Waals surface area contributed by atoms with Crippen LogP contribution in [0.4, 0.5) is 5.69 Å². The van der Waals surface area contributed by atoms with Crippen molar-refractivity contribution in [3.05, 3.63) is 127 Å². The number of nitrogens with two attached hydrogens (primary N) is 1. The summed E-state index contributed by atoms with van der Waals surface area (Å²) in [5.74, 6) is 0.553. The van der Waals surface area contributed by atoms with Gasteiger partial charge in [0.1, 0.15) is 0 Å². The zero-order valence-corrected chi connectivity index (χ0v) is 23.1. The Bertz CT molecular complexity index is 2110. The maximum atomic E-state index is 5.91. The van der Waals surface area contributed by atoms with Crippen LogP contribution < -0.4 is 5.73 Å². The van der Waals surface area contributed by atoms with Gasteiger partial charge in [0.15, 0.2) is 0 Å². The molecule has 1 aliphatic carbocycles. The Labute approximate surface area is 237 Å². The van der Waals surface area contributed by atoms with Crippen molar-refractivity contribution >= 4 is 54.2 Å². The van der Waals surface area contributed by atoms with Crippen molar-refractivity contribution in [1.29, 1.82) is 0 Å². The van der Waals surface area contributed by atoms with Crippen molar-refractivity contribution in [3.63, 3.8) is 0 Å². The molecule has 7 aromatic rings. The van der Waals surface area contributed by atoms with Gasteiger partial charge < -0.3 is 10.3 Å². The summed E-state index contributed by atoms with van der Waals surface area (Å²) in [7, 11) is 0. The molecule has 2 N–H and O–H groups in total. The number of thiophene rings is 1. The molecule has 0 aliphatic heterocycles. The van der Waals surface area contributed by atoms with E-state index in [9.17, 15) is 0 Å². The summed E-state index contributed by atoms with van der Waals surface area (Å²) in [6.45, 7) is 2.30. The summed E-state index contributed by atoms with van der Waals surface area (Å²) >= 11 is 1.86. The summed E-state index contributed by atoms with van der Waals surface area (Å²) in [6.07, 6.45) is 5.75. The quantitative estimate of drug-likeness (QED) is 0.226. The van der Waals surface area contributed by atoms with Gasteiger partial charge in [-0.3, -0.25) is 0 Å². The van der Waals surface area contributed by atoms with Gasteiger partial charge in [-0.25, -0.2) is 0 Å². The number of hydrogen-bond donors (Lipinski definition) is 1. The first-order chi connectivity index (χ1) is 19.6. The van der Waals surface area contributed by atoms with Gasteiger partial charge in [0.25, 0.3) is 0 Å². The van der Waals surface area contributed by atoms with Crippen molar-refractivity contribution in [2.75, 3.05) is 5.73 Å². The predicted octanol–water partition coefficient (Wildman–Crippen LogP) is 10.1. The molecule has 0 radical (unpaired) electrons. The first-order valence-electron chi connectivity index (χ1n) is 13.9. The van der Waals surface area contributed by atoms with Gasteiger partial charge in [-0.1, -0.05) is 79.7 Å². The maximum Gasteiger partial charge on any atom is 0.0540 e. The minimum absolute atomic E-state index is 0.553. The Hall–Kier alpha value is -4.60. The summed E-state index contributed by atoms with van der Waals surface area (Å²) in [4.78, 5) is 0. The number of fused-ring (bicyclic) bond motifs is 6. The molecule has 3 heteroatoms. The van der Waals surface area contributed by atoms with Gasteiger partial charge in [-0.05, 0) is 83.1 Å². The van der Waals surface area contributed by atoms with Gasteiger partial charge >= 0.3 is 0 Å². The Balaban J connectivity index is 1.30. The third-order valence-electron chi connectivity index (χ3n) is 8.30. The summed E-state index contributed by atoms with van der Waals surface area (Å²) in [6, 6.07) is 39.6. The van der Waals surface area contributed by atoms with Gasteiger partial charge in [0.2, 0.25) is 0 Å². The Morgan fingerprint density at radius 2 is 1.48 bits per heavy atom. The molecule has 0 amide bonds. The molecule has 0 saturated heterocycles. The smallest absolute Gasteiger partial charge is 0.0540 e. The third-order valence-corrected chi connectivity index (χ3v) is 9.43.